The summed E-state index contributed by atoms with van der Waals surface area (Å²) in [4.78, 5) is 10.6. The standard InChI is InChI=1S/C9H6FNO3/c10-6-2-1-3-7(14-5-4-11)8(6)9(12)13/h1-3H,5H2,(H,12,13). The number of hydrogen-bond acceptors (Lipinski definition) is 3. The number of ether oxygens (including phenoxy) is 1. The molecule has 1 aromatic carbocycles. The number of carboxylic acids is 1. The van der Waals surface area contributed by atoms with Gasteiger partial charge in [0, 0.05) is 0 Å². The molecular weight excluding hydrogens is 189 g/mol. The highest BCUT2D eigenvalue weighted by atomic mass is 19.1. The molecule has 1 aromatic rings. The molecule has 0 fully saturated rings. The van der Waals surface area contributed by atoms with E-state index >= 15 is 0 Å². The number of aromatic carboxylic acids is 1. The number of halogens is 1. The van der Waals surface area contributed by atoms with Crippen LogP contribution in [-0.2, 0) is 0 Å². The highest BCUT2D eigenvalue weighted by Gasteiger charge is 2.16. The summed E-state index contributed by atoms with van der Waals surface area (Å²) in [5.74, 6) is -2.44. The van der Waals surface area contributed by atoms with E-state index in [0.717, 1.165) is 6.07 Å². The lowest BCUT2D eigenvalue weighted by Crippen LogP contribution is -2.05. The van der Waals surface area contributed by atoms with Crippen molar-refractivity contribution in [2.24, 2.45) is 0 Å². The van der Waals surface area contributed by atoms with Crippen molar-refractivity contribution in [3.05, 3.63) is 29.6 Å². The largest absolute Gasteiger partial charge is 0.478 e. The fourth-order valence-corrected chi connectivity index (χ4v) is 0.942. The van der Waals surface area contributed by atoms with Crippen LogP contribution in [-0.4, -0.2) is 17.7 Å². The van der Waals surface area contributed by atoms with Crippen LogP contribution < -0.4 is 4.74 Å². The Hall–Kier alpha value is -2.09. The lowest BCUT2D eigenvalue weighted by atomic mass is 10.2. The molecule has 1 rings (SSSR count). The van der Waals surface area contributed by atoms with Crippen molar-refractivity contribution >= 4 is 5.97 Å². The van der Waals surface area contributed by atoms with E-state index in [1.165, 1.54) is 12.1 Å². The topological polar surface area (TPSA) is 70.3 Å². The molecule has 0 heterocycles. The first-order valence-electron chi connectivity index (χ1n) is 3.68. The average Bonchev–Trinajstić information content (AvgIpc) is 2.14. The molecule has 0 amide bonds. The molecular formula is C9H6FNO3. The predicted molar refractivity (Wildman–Crippen MR) is 44.5 cm³/mol. The van der Waals surface area contributed by atoms with Gasteiger partial charge in [0.1, 0.15) is 23.2 Å². The number of nitriles is 1. The van der Waals surface area contributed by atoms with Gasteiger partial charge in [-0.15, -0.1) is 0 Å². The highest BCUT2D eigenvalue weighted by molar-refractivity contribution is 5.91. The second-order valence-electron chi connectivity index (χ2n) is 2.36. The predicted octanol–water partition coefficient (Wildman–Crippen LogP) is 1.43. The molecule has 0 atom stereocenters. The monoisotopic (exact) mass is 195 g/mol. The molecule has 0 bridgehead atoms. The van der Waals surface area contributed by atoms with E-state index in [-0.39, 0.29) is 12.4 Å². The molecule has 0 aliphatic rings. The Morgan fingerprint density at radius 1 is 1.64 bits per heavy atom. The van der Waals surface area contributed by atoms with E-state index in [1.54, 1.807) is 6.07 Å². The maximum absolute atomic E-state index is 13.0. The average molecular weight is 195 g/mol. The van der Waals surface area contributed by atoms with Crippen LogP contribution in [0.2, 0.25) is 0 Å². The number of rotatable bonds is 3. The van der Waals surface area contributed by atoms with Crippen LogP contribution in [0.4, 0.5) is 4.39 Å². The summed E-state index contributed by atoms with van der Waals surface area (Å²) in [7, 11) is 0. The molecule has 14 heavy (non-hydrogen) atoms. The van der Waals surface area contributed by atoms with Crippen LogP contribution in [0.25, 0.3) is 0 Å². The van der Waals surface area contributed by atoms with Gasteiger partial charge in [0.2, 0.25) is 0 Å². The fraction of sp³-hybridized carbons (Fsp3) is 0.111. The summed E-state index contributed by atoms with van der Waals surface area (Å²) in [6.07, 6.45) is 0. The molecule has 0 radical (unpaired) electrons. The van der Waals surface area contributed by atoms with Crippen molar-refractivity contribution in [3.8, 4) is 11.8 Å². The van der Waals surface area contributed by atoms with E-state index in [4.69, 9.17) is 15.1 Å². The van der Waals surface area contributed by atoms with Crippen molar-refractivity contribution in [2.45, 2.75) is 0 Å². The molecule has 5 heteroatoms. The summed E-state index contributed by atoms with van der Waals surface area (Å²) < 4.78 is 17.7. The van der Waals surface area contributed by atoms with Gasteiger partial charge in [-0.3, -0.25) is 0 Å². The Morgan fingerprint density at radius 3 is 2.93 bits per heavy atom. The van der Waals surface area contributed by atoms with Gasteiger partial charge in [-0.25, -0.2) is 9.18 Å². The van der Waals surface area contributed by atoms with Gasteiger partial charge in [-0.05, 0) is 12.1 Å². The first-order valence-corrected chi connectivity index (χ1v) is 3.68. The Morgan fingerprint density at radius 2 is 2.36 bits per heavy atom. The lowest BCUT2D eigenvalue weighted by Gasteiger charge is -2.05. The Balaban J connectivity index is 3.09. The molecule has 72 valence electrons. The van der Waals surface area contributed by atoms with Crippen molar-refractivity contribution in [1.82, 2.24) is 0 Å². The summed E-state index contributed by atoms with van der Waals surface area (Å²) >= 11 is 0. The molecule has 0 spiro atoms. The molecule has 0 aliphatic carbocycles. The SMILES string of the molecule is N#CCOc1cccc(F)c1C(=O)O. The summed E-state index contributed by atoms with van der Waals surface area (Å²) in [5.41, 5.74) is -0.553. The van der Waals surface area contributed by atoms with Gasteiger partial charge in [-0.1, -0.05) is 6.07 Å². The minimum atomic E-state index is -1.42. The first-order chi connectivity index (χ1) is 6.66. The van der Waals surface area contributed by atoms with Crippen LogP contribution in [0, 0.1) is 17.1 Å². The number of nitrogens with zero attached hydrogens (tertiary/aromatic N) is 1. The van der Waals surface area contributed by atoms with Crippen LogP contribution in [0.1, 0.15) is 10.4 Å². The van der Waals surface area contributed by atoms with Gasteiger partial charge in [0.05, 0.1) is 0 Å². The van der Waals surface area contributed by atoms with Gasteiger partial charge >= 0.3 is 5.97 Å². The van der Waals surface area contributed by atoms with Crippen molar-refractivity contribution in [1.29, 1.82) is 5.26 Å². The van der Waals surface area contributed by atoms with Crippen LogP contribution in [0.5, 0.6) is 5.75 Å². The van der Waals surface area contributed by atoms with Gasteiger partial charge in [0.25, 0.3) is 0 Å². The number of hydrogen-bond donors (Lipinski definition) is 1. The highest BCUT2D eigenvalue weighted by Crippen LogP contribution is 2.21. The van der Waals surface area contributed by atoms with Gasteiger partial charge < -0.3 is 9.84 Å². The smallest absolute Gasteiger partial charge is 0.342 e. The Bertz CT molecular complexity index is 398. The third kappa shape index (κ3) is 1.98. The van der Waals surface area contributed by atoms with Crippen LogP contribution in [0.15, 0.2) is 18.2 Å². The summed E-state index contributed by atoms with van der Waals surface area (Å²) in [5, 5.41) is 16.9. The molecule has 4 nitrogen and oxygen atoms in total. The second kappa shape index (κ2) is 4.23. The van der Waals surface area contributed by atoms with E-state index in [2.05, 4.69) is 0 Å². The molecule has 1 N–H and O–H groups in total. The maximum atomic E-state index is 13.0. The number of carboxylic acid groups (broad SMARTS) is 1. The number of benzene rings is 1. The van der Waals surface area contributed by atoms with Crippen molar-refractivity contribution < 1.29 is 19.0 Å². The molecule has 0 unspecified atom stereocenters. The Labute approximate surface area is 79.2 Å². The molecule has 0 aromatic heterocycles. The summed E-state index contributed by atoms with van der Waals surface area (Å²) in [6.45, 7) is -0.316. The van der Waals surface area contributed by atoms with E-state index in [1.807, 2.05) is 0 Å². The first kappa shape index (κ1) is 9.99. The maximum Gasteiger partial charge on any atom is 0.342 e. The molecule has 0 aliphatic heterocycles. The third-order valence-electron chi connectivity index (χ3n) is 1.48. The molecule has 0 saturated carbocycles. The van der Waals surface area contributed by atoms with Crippen LogP contribution in [0.3, 0.4) is 0 Å². The molecule has 0 saturated heterocycles. The van der Waals surface area contributed by atoms with Crippen molar-refractivity contribution in [3.63, 3.8) is 0 Å². The minimum Gasteiger partial charge on any atom is -0.478 e. The zero-order chi connectivity index (χ0) is 10.6. The lowest BCUT2D eigenvalue weighted by molar-refractivity contribution is 0.0687. The van der Waals surface area contributed by atoms with Crippen molar-refractivity contribution in [2.75, 3.05) is 6.61 Å². The van der Waals surface area contributed by atoms with E-state index < -0.39 is 17.3 Å². The third-order valence-corrected chi connectivity index (χ3v) is 1.48. The minimum absolute atomic E-state index is 0.140. The quantitative estimate of drug-likeness (QED) is 0.791. The normalized spacial score (nSPS) is 9.14. The van der Waals surface area contributed by atoms with E-state index in [9.17, 15) is 9.18 Å². The summed E-state index contributed by atoms with van der Waals surface area (Å²) in [6, 6.07) is 5.29. The zero-order valence-corrected chi connectivity index (χ0v) is 7.03. The van der Waals surface area contributed by atoms with Gasteiger partial charge in [0.15, 0.2) is 6.61 Å². The van der Waals surface area contributed by atoms with E-state index in [0.29, 0.717) is 0 Å². The Kier molecular flexibility index (Phi) is 3.02. The fourth-order valence-electron chi connectivity index (χ4n) is 0.942. The zero-order valence-electron chi connectivity index (χ0n) is 7.03. The van der Waals surface area contributed by atoms with Gasteiger partial charge in [-0.2, -0.15) is 5.26 Å². The number of carbonyl (C=O) groups is 1. The second-order valence-corrected chi connectivity index (χ2v) is 2.36. The van der Waals surface area contributed by atoms with Crippen LogP contribution >= 0.6 is 0 Å².